The zero-order valence-electron chi connectivity index (χ0n) is 20.7. The van der Waals surface area contributed by atoms with Gasteiger partial charge in [-0.1, -0.05) is 6.07 Å². The van der Waals surface area contributed by atoms with E-state index in [0.717, 1.165) is 70.7 Å². The second kappa shape index (κ2) is 13.9. The number of alkyl halides is 6. The molecule has 1 aromatic heterocycles. The molecule has 0 radical (unpaired) electrons. The summed E-state index contributed by atoms with van der Waals surface area (Å²) in [5.74, 6) is -5.37. The molecule has 0 bridgehead atoms. The summed E-state index contributed by atoms with van der Waals surface area (Å²) in [5, 5.41) is 14.2. The standard InChI is InChI=1S/C19H27N3O3.2C2HF3O2/c23-18(22-8-3-4-9-22)13-24-17-6-10-25-19(11-17)14-21(15-19)12-16-5-1-2-7-20-16;2*3-2(4,5)1(6)7/h1-2,5,7,17H,3-4,6,8-15H2;2*(H,6,7). The van der Waals surface area contributed by atoms with Gasteiger partial charge in [0.05, 0.1) is 17.4 Å². The summed E-state index contributed by atoms with van der Waals surface area (Å²) >= 11 is 0. The number of amides is 1. The van der Waals surface area contributed by atoms with Gasteiger partial charge in [0.15, 0.2) is 0 Å². The molecule has 0 aliphatic carbocycles. The highest BCUT2D eigenvalue weighted by Crippen LogP contribution is 2.36. The normalized spacial score (nSPS) is 20.7. The van der Waals surface area contributed by atoms with Crippen molar-refractivity contribution >= 4 is 17.8 Å². The van der Waals surface area contributed by atoms with E-state index >= 15 is 0 Å². The number of carboxylic acids is 2. The van der Waals surface area contributed by atoms with E-state index in [1.807, 2.05) is 23.2 Å². The number of ether oxygens (including phenoxy) is 2. The monoisotopic (exact) mass is 573 g/mol. The summed E-state index contributed by atoms with van der Waals surface area (Å²) < 4.78 is 75.5. The summed E-state index contributed by atoms with van der Waals surface area (Å²) in [5.41, 5.74) is 1.01. The van der Waals surface area contributed by atoms with E-state index in [-0.39, 0.29) is 24.2 Å². The topological polar surface area (TPSA) is 130 Å². The van der Waals surface area contributed by atoms with Gasteiger partial charge in [-0.15, -0.1) is 0 Å². The van der Waals surface area contributed by atoms with Crippen molar-refractivity contribution in [3.8, 4) is 0 Å². The van der Waals surface area contributed by atoms with Crippen LogP contribution in [0.25, 0.3) is 0 Å². The third-order valence-corrected chi connectivity index (χ3v) is 5.97. The molecule has 4 rings (SSSR count). The van der Waals surface area contributed by atoms with Gasteiger partial charge in [-0.3, -0.25) is 14.7 Å². The van der Waals surface area contributed by atoms with E-state index in [1.165, 1.54) is 0 Å². The minimum atomic E-state index is -5.08. The fourth-order valence-electron chi connectivity index (χ4n) is 4.19. The minimum Gasteiger partial charge on any atom is -0.475 e. The molecular formula is C23H29F6N3O7. The van der Waals surface area contributed by atoms with Gasteiger partial charge in [-0.25, -0.2) is 9.59 Å². The Balaban J connectivity index is 0.000000317. The number of rotatable bonds is 5. The third kappa shape index (κ3) is 11.0. The van der Waals surface area contributed by atoms with Crippen molar-refractivity contribution in [2.75, 3.05) is 39.4 Å². The van der Waals surface area contributed by atoms with Crippen LogP contribution in [-0.4, -0.2) is 106 Å². The Kier molecular flexibility index (Phi) is 11.5. The third-order valence-electron chi connectivity index (χ3n) is 5.97. The summed E-state index contributed by atoms with van der Waals surface area (Å²) in [6.45, 7) is 5.43. The van der Waals surface area contributed by atoms with Crippen LogP contribution in [0.2, 0.25) is 0 Å². The molecule has 220 valence electrons. The van der Waals surface area contributed by atoms with Gasteiger partial charge in [0, 0.05) is 51.9 Å². The molecule has 10 nitrogen and oxygen atoms in total. The minimum absolute atomic E-state index is 0.0889. The maximum atomic E-state index is 12.1. The molecule has 1 aromatic rings. The average molecular weight is 573 g/mol. The Morgan fingerprint density at radius 1 is 1.03 bits per heavy atom. The zero-order valence-corrected chi connectivity index (χ0v) is 20.7. The van der Waals surface area contributed by atoms with Gasteiger partial charge in [0.25, 0.3) is 0 Å². The van der Waals surface area contributed by atoms with Gasteiger partial charge in [0.2, 0.25) is 5.91 Å². The molecule has 1 unspecified atom stereocenters. The molecule has 39 heavy (non-hydrogen) atoms. The number of hydrogen-bond acceptors (Lipinski definition) is 7. The maximum Gasteiger partial charge on any atom is 0.490 e. The van der Waals surface area contributed by atoms with E-state index in [4.69, 9.17) is 29.3 Å². The lowest BCUT2D eigenvalue weighted by molar-refractivity contribution is -0.200. The number of carbonyl (C=O) groups excluding carboxylic acids is 1. The Morgan fingerprint density at radius 3 is 2.08 bits per heavy atom. The maximum absolute atomic E-state index is 12.1. The smallest absolute Gasteiger partial charge is 0.475 e. The van der Waals surface area contributed by atoms with Crippen molar-refractivity contribution in [1.82, 2.24) is 14.8 Å². The van der Waals surface area contributed by atoms with Crippen molar-refractivity contribution in [2.45, 2.75) is 56.3 Å². The molecule has 4 heterocycles. The van der Waals surface area contributed by atoms with E-state index in [9.17, 15) is 31.1 Å². The highest BCUT2D eigenvalue weighted by atomic mass is 19.4. The number of pyridine rings is 1. The van der Waals surface area contributed by atoms with Crippen LogP contribution in [0.3, 0.4) is 0 Å². The first-order valence-corrected chi connectivity index (χ1v) is 11.9. The Labute approximate surface area is 219 Å². The van der Waals surface area contributed by atoms with Crippen molar-refractivity contribution in [3.05, 3.63) is 30.1 Å². The number of carboxylic acid groups (broad SMARTS) is 2. The highest BCUT2D eigenvalue weighted by Gasteiger charge is 2.48. The first-order chi connectivity index (χ1) is 18.1. The predicted molar refractivity (Wildman–Crippen MR) is 120 cm³/mol. The highest BCUT2D eigenvalue weighted by molar-refractivity contribution is 5.77. The van der Waals surface area contributed by atoms with Crippen LogP contribution in [0.5, 0.6) is 0 Å². The molecule has 1 spiro atoms. The van der Waals surface area contributed by atoms with E-state index < -0.39 is 24.3 Å². The lowest BCUT2D eigenvalue weighted by atomic mass is 9.84. The number of nitrogens with zero attached hydrogens (tertiary/aromatic N) is 3. The summed E-state index contributed by atoms with van der Waals surface area (Å²) in [4.78, 5) is 38.6. The molecule has 1 atom stereocenters. The van der Waals surface area contributed by atoms with Crippen LogP contribution in [-0.2, 0) is 30.4 Å². The quantitative estimate of drug-likeness (QED) is 0.511. The van der Waals surface area contributed by atoms with Crippen molar-refractivity contribution < 1.29 is 60.4 Å². The first-order valence-electron chi connectivity index (χ1n) is 11.9. The Hall–Kier alpha value is -2.98. The molecule has 16 heteroatoms. The summed E-state index contributed by atoms with van der Waals surface area (Å²) in [6.07, 6.45) is -4.18. The summed E-state index contributed by atoms with van der Waals surface area (Å²) in [7, 11) is 0. The lowest BCUT2D eigenvalue weighted by Gasteiger charge is -2.53. The number of aromatic nitrogens is 1. The van der Waals surface area contributed by atoms with Crippen molar-refractivity contribution in [2.24, 2.45) is 0 Å². The fourth-order valence-corrected chi connectivity index (χ4v) is 4.19. The van der Waals surface area contributed by atoms with Crippen LogP contribution in [0.4, 0.5) is 26.3 Å². The van der Waals surface area contributed by atoms with Gasteiger partial charge < -0.3 is 24.6 Å². The second-order valence-corrected chi connectivity index (χ2v) is 9.12. The molecule has 2 N–H and O–H groups in total. The molecule has 3 aliphatic heterocycles. The van der Waals surface area contributed by atoms with Crippen LogP contribution < -0.4 is 0 Å². The van der Waals surface area contributed by atoms with E-state index in [2.05, 4.69) is 16.0 Å². The number of hydrogen-bond donors (Lipinski definition) is 2. The lowest BCUT2D eigenvalue weighted by Crippen LogP contribution is -2.65. The van der Waals surface area contributed by atoms with Crippen molar-refractivity contribution in [3.63, 3.8) is 0 Å². The zero-order chi connectivity index (χ0) is 29.3. The van der Waals surface area contributed by atoms with E-state index in [0.29, 0.717) is 0 Å². The predicted octanol–water partition coefficient (Wildman–Crippen LogP) is 2.72. The Bertz CT molecular complexity index is 926. The Morgan fingerprint density at radius 2 is 1.59 bits per heavy atom. The molecule has 3 saturated heterocycles. The molecule has 3 aliphatic rings. The van der Waals surface area contributed by atoms with Gasteiger partial charge in [-0.05, 0) is 31.4 Å². The largest absolute Gasteiger partial charge is 0.490 e. The molecule has 1 amide bonds. The molecular weight excluding hydrogens is 544 g/mol. The van der Waals surface area contributed by atoms with Crippen LogP contribution >= 0.6 is 0 Å². The number of halogens is 6. The van der Waals surface area contributed by atoms with Crippen molar-refractivity contribution in [1.29, 1.82) is 0 Å². The average Bonchev–Trinajstić information content (AvgIpc) is 3.37. The molecule has 3 fully saturated rings. The van der Waals surface area contributed by atoms with Crippen LogP contribution in [0.1, 0.15) is 31.4 Å². The summed E-state index contributed by atoms with van der Waals surface area (Å²) in [6, 6.07) is 6.02. The van der Waals surface area contributed by atoms with Crippen LogP contribution in [0, 0.1) is 0 Å². The SMILES string of the molecule is O=C(COC1CCOC2(C1)CN(Cc1ccccn1)C2)N1CCCC1.O=C(O)C(F)(F)F.O=C(O)C(F)(F)F. The molecule has 0 aromatic carbocycles. The number of likely N-dealkylation sites (tertiary alicyclic amines) is 2. The second-order valence-electron chi connectivity index (χ2n) is 9.12. The number of carbonyl (C=O) groups is 3. The fraction of sp³-hybridized carbons (Fsp3) is 0.652. The molecule has 0 saturated carbocycles. The number of aliphatic carboxylic acids is 2. The van der Waals surface area contributed by atoms with E-state index in [1.54, 1.807) is 0 Å². The van der Waals surface area contributed by atoms with Gasteiger partial charge in [0.1, 0.15) is 6.61 Å². The van der Waals surface area contributed by atoms with Gasteiger partial charge >= 0.3 is 24.3 Å². The van der Waals surface area contributed by atoms with Crippen LogP contribution in [0.15, 0.2) is 24.4 Å². The first kappa shape index (κ1) is 32.2. The van der Waals surface area contributed by atoms with Gasteiger partial charge in [-0.2, -0.15) is 26.3 Å².